The van der Waals surface area contributed by atoms with Gasteiger partial charge in [-0.2, -0.15) is 0 Å². The normalized spacial score (nSPS) is 29.6. The molecule has 0 aliphatic carbocycles. The standard InChI is InChI=1S/C7H8N2O3S.ClH/c8-4-1-3(7(11)12)9-5(10)2-6(9)13-4;/h1,4,6H,2,8H2,(H,11,12);1H/t4?,6-;/m1./s1. The van der Waals surface area contributed by atoms with Crippen molar-refractivity contribution in [1.82, 2.24) is 4.90 Å². The van der Waals surface area contributed by atoms with Crippen molar-refractivity contribution in [2.24, 2.45) is 5.73 Å². The Morgan fingerprint density at radius 3 is 2.86 bits per heavy atom. The van der Waals surface area contributed by atoms with E-state index in [2.05, 4.69) is 0 Å². The molecule has 0 aromatic rings. The largest absolute Gasteiger partial charge is 0.477 e. The second-order valence-electron chi connectivity index (χ2n) is 2.88. The van der Waals surface area contributed by atoms with E-state index in [0.29, 0.717) is 6.42 Å². The Morgan fingerprint density at radius 2 is 2.36 bits per heavy atom. The molecule has 0 saturated carbocycles. The molecule has 2 aliphatic rings. The highest BCUT2D eigenvalue weighted by Crippen LogP contribution is 2.38. The van der Waals surface area contributed by atoms with Gasteiger partial charge in [-0.15, -0.1) is 24.2 Å². The van der Waals surface area contributed by atoms with Crippen molar-refractivity contribution < 1.29 is 14.7 Å². The highest BCUT2D eigenvalue weighted by molar-refractivity contribution is 8.00. The molecular formula is C7H9ClN2O3S. The van der Waals surface area contributed by atoms with E-state index >= 15 is 0 Å². The molecular weight excluding hydrogens is 228 g/mol. The average molecular weight is 237 g/mol. The maximum Gasteiger partial charge on any atom is 0.352 e. The first kappa shape index (κ1) is 11.4. The monoisotopic (exact) mass is 236 g/mol. The van der Waals surface area contributed by atoms with Crippen LogP contribution in [0.25, 0.3) is 0 Å². The summed E-state index contributed by atoms with van der Waals surface area (Å²) in [6.07, 6.45) is 1.80. The maximum absolute atomic E-state index is 11.1. The second-order valence-corrected chi connectivity index (χ2v) is 4.24. The molecule has 1 unspecified atom stereocenters. The maximum atomic E-state index is 11.1. The summed E-state index contributed by atoms with van der Waals surface area (Å²) in [5, 5.41) is 8.38. The van der Waals surface area contributed by atoms with Gasteiger partial charge in [-0.3, -0.25) is 9.69 Å². The van der Waals surface area contributed by atoms with Gasteiger partial charge in [0.2, 0.25) is 5.91 Å². The number of hydrogen-bond acceptors (Lipinski definition) is 4. The van der Waals surface area contributed by atoms with Crippen molar-refractivity contribution in [3.8, 4) is 0 Å². The lowest BCUT2D eigenvalue weighted by atomic mass is 10.1. The van der Waals surface area contributed by atoms with Crippen LogP contribution >= 0.6 is 24.2 Å². The fourth-order valence-electron chi connectivity index (χ4n) is 1.42. The topological polar surface area (TPSA) is 83.6 Å². The Bertz CT molecular complexity index is 320. The Balaban J connectivity index is 0.000000980. The molecule has 2 heterocycles. The third-order valence-electron chi connectivity index (χ3n) is 2.02. The average Bonchev–Trinajstić information content (AvgIpc) is 2.01. The number of nitrogens with two attached hydrogens (primary N) is 1. The van der Waals surface area contributed by atoms with E-state index in [1.807, 2.05) is 0 Å². The SMILES string of the molecule is Cl.NC1C=C(C(=O)O)N2C(=O)C[C@H]2S1. The van der Waals surface area contributed by atoms with E-state index in [9.17, 15) is 9.59 Å². The summed E-state index contributed by atoms with van der Waals surface area (Å²) in [6, 6.07) is 0. The third kappa shape index (κ3) is 1.60. The van der Waals surface area contributed by atoms with Crippen molar-refractivity contribution in [1.29, 1.82) is 0 Å². The number of halogens is 1. The Hall–Kier alpha value is -0.720. The molecule has 0 aromatic heterocycles. The zero-order valence-electron chi connectivity index (χ0n) is 7.04. The third-order valence-corrected chi connectivity index (χ3v) is 3.16. The highest BCUT2D eigenvalue weighted by atomic mass is 35.5. The second kappa shape index (κ2) is 3.80. The molecule has 0 spiro atoms. The smallest absolute Gasteiger partial charge is 0.352 e. The number of fused-ring (bicyclic) bond motifs is 1. The van der Waals surface area contributed by atoms with Crippen molar-refractivity contribution >= 4 is 36.0 Å². The number of carboxylic acid groups (broad SMARTS) is 1. The fraction of sp³-hybridized carbons (Fsp3) is 0.429. The van der Waals surface area contributed by atoms with Crippen LogP contribution in [0.1, 0.15) is 6.42 Å². The van der Waals surface area contributed by atoms with Gasteiger partial charge in [0, 0.05) is 0 Å². The van der Waals surface area contributed by atoms with Crippen LogP contribution in [0, 0.1) is 0 Å². The van der Waals surface area contributed by atoms with Crippen LogP contribution in [0.4, 0.5) is 0 Å². The zero-order chi connectivity index (χ0) is 9.59. The molecule has 0 bridgehead atoms. The van der Waals surface area contributed by atoms with Gasteiger partial charge in [-0.05, 0) is 6.08 Å². The van der Waals surface area contributed by atoms with Crippen LogP contribution in [0.5, 0.6) is 0 Å². The number of thioether (sulfide) groups is 1. The highest BCUT2D eigenvalue weighted by Gasteiger charge is 2.44. The summed E-state index contributed by atoms with van der Waals surface area (Å²) in [5.41, 5.74) is 5.60. The summed E-state index contributed by atoms with van der Waals surface area (Å²) in [5.74, 6) is -1.23. The van der Waals surface area contributed by atoms with Crippen LogP contribution in [0.15, 0.2) is 11.8 Å². The number of carboxylic acids is 1. The van der Waals surface area contributed by atoms with E-state index in [0.717, 1.165) is 0 Å². The summed E-state index contributed by atoms with van der Waals surface area (Å²) in [4.78, 5) is 23.1. The number of amides is 1. The lowest BCUT2D eigenvalue weighted by molar-refractivity contribution is -0.146. The zero-order valence-corrected chi connectivity index (χ0v) is 8.68. The van der Waals surface area contributed by atoms with Crippen LogP contribution in [0.3, 0.4) is 0 Å². The molecule has 3 N–H and O–H groups in total. The van der Waals surface area contributed by atoms with E-state index in [-0.39, 0.29) is 34.8 Å². The molecule has 1 amide bonds. The molecule has 1 fully saturated rings. The summed E-state index contributed by atoms with van der Waals surface area (Å²) < 4.78 is 0. The molecule has 5 nitrogen and oxygen atoms in total. The predicted molar refractivity (Wildman–Crippen MR) is 53.8 cm³/mol. The lowest BCUT2D eigenvalue weighted by Gasteiger charge is -2.43. The van der Waals surface area contributed by atoms with Crippen molar-refractivity contribution in [3.63, 3.8) is 0 Å². The summed E-state index contributed by atoms with van der Waals surface area (Å²) in [7, 11) is 0. The van der Waals surface area contributed by atoms with E-state index in [1.165, 1.54) is 22.7 Å². The number of aliphatic carboxylic acids is 1. The van der Waals surface area contributed by atoms with Crippen LogP contribution in [-0.2, 0) is 9.59 Å². The minimum absolute atomic E-state index is 0. The molecule has 2 atom stereocenters. The van der Waals surface area contributed by atoms with Crippen LogP contribution < -0.4 is 5.73 Å². The summed E-state index contributed by atoms with van der Waals surface area (Å²) >= 11 is 1.40. The Kier molecular flexibility index (Phi) is 3.08. The van der Waals surface area contributed by atoms with E-state index in [4.69, 9.17) is 10.8 Å². The molecule has 0 aromatic carbocycles. The number of nitrogens with zero attached hydrogens (tertiary/aromatic N) is 1. The van der Waals surface area contributed by atoms with Gasteiger partial charge < -0.3 is 10.8 Å². The molecule has 1 saturated heterocycles. The number of carbonyl (C=O) groups is 2. The summed E-state index contributed by atoms with van der Waals surface area (Å²) in [6.45, 7) is 0. The van der Waals surface area contributed by atoms with Gasteiger partial charge in [0.25, 0.3) is 0 Å². The van der Waals surface area contributed by atoms with Gasteiger partial charge in [-0.1, -0.05) is 0 Å². The molecule has 2 rings (SSSR count). The molecule has 14 heavy (non-hydrogen) atoms. The number of rotatable bonds is 1. The number of hydrogen-bond donors (Lipinski definition) is 2. The molecule has 7 heteroatoms. The first-order valence-electron chi connectivity index (χ1n) is 3.78. The van der Waals surface area contributed by atoms with Crippen molar-refractivity contribution in [2.75, 3.05) is 0 Å². The van der Waals surface area contributed by atoms with Crippen LogP contribution in [0.2, 0.25) is 0 Å². The Labute approximate surface area is 90.7 Å². The van der Waals surface area contributed by atoms with Gasteiger partial charge >= 0.3 is 5.97 Å². The Morgan fingerprint density at radius 1 is 1.71 bits per heavy atom. The number of β-lactam (4-membered cyclic amide) rings is 1. The van der Waals surface area contributed by atoms with Gasteiger partial charge in [-0.25, -0.2) is 4.79 Å². The fourth-order valence-corrected chi connectivity index (χ4v) is 2.58. The molecule has 78 valence electrons. The first-order chi connectivity index (χ1) is 6.09. The lowest BCUT2D eigenvalue weighted by Crippen LogP contribution is -2.54. The minimum Gasteiger partial charge on any atom is -0.477 e. The van der Waals surface area contributed by atoms with Crippen LogP contribution in [-0.4, -0.2) is 32.6 Å². The predicted octanol–water partition coefficient (Wildman–Crippen LogP) is -0.0333. The van der Waals surface area contributed by atoms with E-state index < -0.39 is 5.97 Å². The quantitative estimate of drug-likeness (QED) is 0.625. The van der Waals surface area contributed by atoms with Crippen molar-refractivity contribution in [3.05, 3.63) is 11.8 Å². The van der Waals surface area contributed by atoms with Gasteiger partial charge in [0.05, 0.1) is 17.2 Å². The van der Waals surface area contributed by atoms with E-state index in [1.54, 1.807) is 0 Å². The van der Waals surface area contributed by atoms with Gasteiger partial charge in [0.15, 0.2) is 0 Å². The van der Waals surface area contributed by atoms with Crippen molar-refractivity contribution in [2.45, 2.75) is 17.2 Å². The number of carbonyl (C=O) groups excluding carboxylic acids is 1. The van der Waals surface area contributed by atoms with Gasteiger partial charge in [0.1, 0.15) is 5.70 Å². The first-order valence-corrected chi connectivity index (χ1v) is 4.72. The molecule has 2 aliphatic heterocycles. The molecule has 0 radical (unpaired) electrons. The minimum atomic E-state index is -1.09.